The van der Waals surface area contributed by atoms with E-state index in [9.17, 15) is 8.42 Å². The van der Waals surface area contributed by atoms with E-state index >= 15 is 0 Å². The molecule has 1 saturated heterocycles. The van der Waals surface area contributed by atoms with Crippen LogP contribution in [0.2, 0.25) is 0 Å². The number of benzene rings is 1. The largest absolute Gasteiger partial charge is 0.369 e. The molecule has 148 valence electrons. The van der Waals surface area contributed by atoms with Crippen LogP contribution in [0.4, 0.5) is 5.69 Å². The van der Waals surface area contributed by atoms with Crippen LogP contribution >= 0.6 is 22.7 Å². The second-order valence-electron chi connectivity index (χ2n) is 7.03. The van der Waals surface area contributed by atoms with Crippen molar-refractivity contribution in [2.45, 2.75) is 25.0 Å². The summed E-state index contributed by atoms with van der Waals surface area (Å²) in [6, 6.07) is 9.99. The van der Waals surface area contributed by atoms with Crippen LogP contribution in [0.1, 0.15) is 16.1 Å². The van der Waals surface area contributed by atoms with Gasteiger partial charge in [-0.2, -0.15) is 4.31 Å². The van der Waals surface area contributed by atoms with Gasteiger partial charge in [-0.05, 0) is 56.2 Å². The lowest BCUT2D eigenvalue weighted by molar-refractivity contribution is 0.386. The molecule has 0 aliphatic carbocycles. The van der Waals surface area contributed by atoms with Crippen molar-refractivity contribution in [2.24, 2.45) is 0 Å². The van der Waals surface area contributed by atoms with E-state index < -0.39 is 10.0 Å². The van der Waals surface area contributed by atoms with Crippen molar-refractivity contribution in [1.82, 2.24) is 9.29 Å². The van der Waals surface area contributed by atoms with E-state index in [1.165, 1.54) is 22.5 Å². The van der Waals surface area contributed by atoms with Crippen molar-refractivity contribution >= 4 is 38.4 Å². The molecule has 1 aliphatic rings. The zero-order valence-corrected chi connectivity index (χ0v) is 18.6. The fourth-order valence-electron chi connectivity index (χ4n) is 3.31. The Balaban J connectivity index is 1.48. The molecule has 8 heteroatoms. The Morgan fingerprint density at radius 2 is 1.71 bits per heavy atom. The molecule has 1 fully saturated rings. The van der Waals surface area contributed by atoms with Crippen molar-refractivity contribution in [3.8, 4) is 10.6 Å². The smallest absolute Gasteiger partial charge is 0.252 e. The maximum atomic E-state index is 13.1. The van der Waals surface area contributed by atoms with Gasteiger partial charge in [0.05, 0.1) is 15.6 Å². The molecule has 5 nitrogen and oxygen atoms in total. The third kappa shape index (κ3) is 3.74. The zero-order valence-electron chi connectivity index (χ0n) is 16.2. The standard InChI is InChI=1S/C20H23N3O2S3/c1-14-4-5-17(12-15(14)2)22-8-10-23(11-9-22)28(24,25)20-7-6-19(27-20)18-13-26-16(3)21-18/h4-7,12-13H,8-11H2,1-3H3. The third-order valence-corrected chi connectivity index (χ3v) is 9.39. The quantitative estimate of drug-likeness (QED) is 0.615. The molecular weight excluding hydrogens is 410 g/mol. The van der Waals surface area contributed by atoms with Gasteiger partial charge in [0.25, 0.3) is 10.0 Å². The molecule has 3 heterocycles. The number of piperazine rings is 1. The predicted molar refractivity (Wildman–Crippen MR) is 117 cm³/mol. The Labute approximate surface area is 174 Å². The van der Waals surface area contributed by atoms with Gasteiger partial charge in [-0.15, -0.1) is 22.7 Å². The number of thiazole rings is 1. The summed E-state index contributed by atoms with van der Waals surface area (Å²) in [4.78, 5) is 7.62. The first-order valence-electron chi connectivity index (χ1n) is 9.19. The maximum absolute atomic E-state index is 13.1. The fraction of sp³-hybridized carbons (Fsp3) is 0.350. The first-order valence-corrected chi connectivity index (χ1v) is 12.3. The van der Waals surface area contributed by atoms with E-state index in [4.69, 9.17) is 0 Å². The molecule has 0 N–H and O–H groups in total. The number of thiophene rings is 1. The van der Waals surface area contributed by atoms with E-state index in [0.29, 0.717) is 30.4 Å². The Morgan fingerprint density at radius 1 is 0.964 bits per heavy atom. The lowest BCUT2D eigenvalue weighted by Crippen LogP contribution is -2.48. The highest BCUT2D eigenvalue weighted by Gasteiger charge is 2.30. The number of sulfonamides is 1. The fourth-order valence-corrected chi connectivity index (χ4v) is 6.84. The summed E-state index contributed by atoms with van der Waals surface area (Å²) in [5.41, 5.74) is 4.55. The van der Waals surface area contributed by atoms with Crippen LogP contribution in [0.5, 0.6) is 0 Å². The van der Waals surface area contributed by atoms with Gasteiger partial charge in [-0.1, -0.05) is 6.07 Å². The van der Waals surface area contributed by atoms with E-state index in [0.717, 1.165) is 21.3 Å². The van der Waals surface area contributed by atoms with E-state index in [1.54, 1.807) is 21.7 Å². The summed E-state index contributed by atoms with van der Waals surface area (Å²) < 4.78 is 28.2. The molecule has 28 heavy (non-hydrogen) atoms. The summed E-state index contributed by atoms with van der Waals surface area (Å²) in [5.74, 6) is 0. The highest BCUT2D eigenvalue weighted by atomic mass is 32.2. The highest BCUT2D eigenvalue weighted by Crippen LogP contribution is 2.33. The number of hydrogen-bond donors (Lipinski definition) is 0. The molecule has 0 bridgehead atoms. The molecule has 4 rings (SSSR count). The van der Waals surface area contributed by atoms with Crippen LogP contribution in [-0.4, -0.2) is 43.9 Å². The van der Waals surface area contributed by atoms with Crippen LogP contribution < -0.4 is 4.90 Å². The van der Waals surface area contributed by atoms with Gasteiger partial charge >= 0.3 is 0 Å². The van der Waals surface area contributed by atoms with Crippen LogP contribution in [0.25, 0.3) is 10.6 Å². The predicted octanol–water partition coefficient (Wildman–Crippen LogP) is 4.31. The first kappa shape index (κ1) is 19.6. The van der Waals surface area contributed by atoms with Gasteiger partial charge < -0.3 is 4.90 Å². The number of nitrogens with zero attached hydrogens (tertiary/aromatic N) is 3. The molecule has 0 radical (unpaired) electrons. The molecule has 2 aromatic heterocycles. The summed E-state index contributed by atoms with van der Waals surface area (Å²) in [5, 5.41) is 2.95. The summed E-state index contributed by atoms with van der Waals surface area (Å²) in [6.45, 7) is 8.56. The average Bonchev–Trinajstić information content (AvgIpc) is 3.33. The number of hydrogen-bond acceptors (Lipinski definition) is 6. The van der Waals surface area contributed by atoms with Gasteiger partial charge in [0.2, 0.25) is 0 Å². The van der Waals surface area contributed by atoms with Crippen molar-refractivity contribution in [1.29, 1.82) is 0 Å². The van der Waals surface area contributed by atoms with Crippen molar-refractivity contribution < 1.29 is 8.42 Å². The number of rotatable bonds is 4. The maximum Gasteiger partial charge on any atom is 0.252 e. The zero-order chi connectivity index (χ0) is 19.9. The van der Waals surface area contributed by atoms with Crippen LogP contribution in [0, 0.1) is 20.8 Å². The molecule has 0 amide bonds. The minimum absolute atomic E-state index is 0.396. The molecule has 0 atom stereocenters. The summed E-state index contributed by atoms with van der Waals surface area (Å²) >= 11 is 2.88. The van der Waals surface area contributed by atoms with Gasteiger partial charge in [0.15, 0.2) is 0 Å². The lowest BCUT2D eigenvalue weighted by Gasteiger charge is -2.35. The Kier molecular flexibility index (Phi) is 5.30. The summed E-state index contributed by atoms with van der Waals surface area (Å²) in [7, 11) is -3.46. The Bertz CT molecular complexity index is 1090. The number of aryl methyl sites for hydroxylation is 3. The number of anilines is 1. The van der Waals surface area contributed by atoms with Crippen molar-refractivity contribution in [3.63, 3.8) is 0 Å². The van der Waals surface area contributed by atoms with E-state index in [2.05, 4.69) is 41.9 Å². The molecular formula is C20H23N3O2S3. The molecule has 1 aliphatic heterocycles. The minimum atomic E-state index is -3.46. The summed E-state index contributed by atoms with van der Waals surface area (Å²) in [6.07, 6.45) is 0. The minimum Gasteiger partial charge on any atom is -0.369 e. The van der Waals surface area contributed by atoms with Crippen molar-refractivity contribution in [2.75, 3.05) is 31.1 Å². The third-order valence-electron chi connectivity index (χ3n) is 5.14. The number of aromatic nitrogens is 1. The topological polar surface area (TPSA) is 53.5 Å². The average molecular weight is 434 g/mol. The van der Waals surface area contributed by atoms with Crippen LogP contribution in [0.3, 0.4) is 0 Å². The van der Waals surface area contributed by atoms with Gasteiger partial charge in [-0.25, -0.2) is 13.4 Å². The molecule has 0 saturated carbocycles. The van der Waals surface area contributed by atoms with E-state index in [-0.39, 0.29) is 0 Å². The SMILES string of the molecule is Cc1nc(-c2ccc(S(=O)(=O)N3CCN(c4ccc(C)c(C)c4)CC3)s2)cs1. The monoisotopic (exact) mass is 433 g/mol. The first-order chi connectivity index (χ1) is 13.3. The second-order valence-corrected chi connectivity index (χ2v) is 11.3. The van der Waals surface area contributed by atoms with Crippen LogP contribution in [0.15, 0.2) is 39.9 Å². The molecule has 0 unspecified atom stereocenters. The lowest BCUT2D eigenvalue weighted by atomic mass is 10.1. The molecule has 3 aromatic rings. The Hall–Kier alpha value is -1.74. The Morgan fingerprint density at radius 3 is 2.36 bits per heavy atom. The van der Waals surface area contributed by atoms with Crippen LogP contribution in [-0.2, 0) is 10.0 Å². The molecule has 1 aromatic carbocycles. The molecule has 0 spiro atoms. The van der Waals surface area contributed by atoms with Crippen molar-refractivity contribution in [3.05, 3.63) is 51.8 Å². The van der Waals surface area contributed by atoms with Gasteiger partial charge in [0.1, 0.15) is 4.21 Å². The second kappa shape index (κ2) is 7.59. The highest BCUT2D eigenvalue weighted by molar-refractivity contribution is 7.91. The normalized spacial score (nSPS) is 15.9. The van der Waals surface area contributed by atoms with E-state index in [1.807, 2.05) is 18.4 Å². The van der Waals surface area contributed by atoms with Gasteiger partial charge in [-0.3, -0.25) is 0 Å². The van der Waals surface area contributed by atoms with Gasteiger partial charge in [0, 0.05) is 37.2 Å².